The van der Waals surface area contributed by atoms with Crippen LogP contribution in [0.15, 0.2) is 12.2 Å². The van der Waals surface area contributed by atoms with Crippen LogP contribution < -0.4 is 0 Å². The van der Waals surface area contributed by atoms with Crippen LogP contribution in [0, 0.1) is 5.41 Å². The average Bonchev–Trinajstić information content (AvgIpc) is 2.16. The Kier molecular flexibility index (Phi) is 3.66. The molecule has 1 saturated carbocycles. The predicted octanol–water partition coefficient (Wildman–Crippen LogP) is 2.56. The van der Waals surface area contributed by atoms with E-state index in [0.29, 0.717) is 25.7 Å². The highest BCUT2D eigenvalue weighted by atomic mass is 16.4. The van der Waals surface area contributed by atoms with Gasteiger partial charge in [-0.25, -0.2) is 0 Å². The zero-order valence-electron chi connectivity index (χ0n) is 9.21. The van der Waals surface area contributed by atoms with Crippen LogP contribution in [-0.4, -0.2) is 16.9 Å². The molecule has 0 aromatic rings. The zero-order valence-corrected chi connectivity index (χ0v) is 9.21. The molecule has 0 saturated heterocycles. The van der Waals surface area contributed by atoms with E-state index >= 15 is 0 Å². The van der Waals surface area contributed by atoms with Crippen LogP contribution in [0.2, 0.25) is 0 Å². The molecule has 0 heterocycles. The van der Waals surface area contributed by atoms with Crippen molar-refractivity contribution in [1.82, 2.24) is 0 Å². The number of hydrogen-bond acceptors (Lipinski definition) is 2. The van der Waals surface area contributed by atoms with E-state index in [0.717, 1.165) is 18.4 Å². The van der Waals surface area contributed by atoms with Crippen molar-refractivity contribution < 1.29 is 14.7 Å². The van der Waals surface area contributed by atoms with Gasteiger partial charge in [-0.3, -0.25) is 9.59 Å². The Bertz CT molecular complexity index is 293. The third-order valence-corrected chi connectivity index (χ3v) is 3.18. The Balaban J connectivity index is 2.81. The maximum atomic E-state index is 11.8. The fourth-order valence-corrected chi connectivity index (χ4v) is 2.12. The van der Waals surface area contributed by atoms with Gasteiger partial charge in [0.05, 0.1) is 0 Å². The number of hydrogen-bond donors (Lipinski definition) is 1. The summed E-state index contributed by atoms with van der Waals surface area (Å²) in [6, 6.07) is 0. The molecule has 0 radical (unpaired) electrons. The van der Waals surface area contributed by atoms with Gasteiger partial charge in [0.1, 0.15) is 11.2 Å². The summed E-state index contributed by atoms with van der Waals surface area (Å²) in [6.45, 7) is 5.61. The fourth-order valence-electron chi connectivity index (χ4n) is 2.12. The number of carboxylic acid groups (broad SMARTS) is 1. The molecule has 1 atom stereocenters. The SMILES string of the molecule is C=C(C)CCC1(C(=O)O)CCCCC1=O. The lowest BCUT2D eigenvalue weighted by Crippen LogP contribution is -2.41. The Labute approximate surface area is 90.2 Å². The van der Waals surface area contributed by atoms with Crippen LogP contribution >= 0.6 is 0 Å². The number of Topliss-reactive ketones (excluding diaryl/α,β-unsaturated/α-hetero) is 1. The van der Waals surface area contributed by atoms with Crippen molar-refractivity contribution in [2.75, 3.05) is 0 Å². The fraction of sp³-hybridized carbons (Fsp3) is 0.667. The standard InChI is InChI=1S/C12H18O3/c1-9(2)6-8-12(11(14)15)7-4-3-5-10(12)13/h1,3-8H2,2H3,(H,14,15). The first-order chi connectivity index (χ1) is 6.99. The van der Waals surface area contributed by atoms with Gasteiger partial charge in [-0.2, -0.15) is 0 Å². The van der Waals surface area contributed by atoms with E-state index in [-0.39, 0.29) is 5.78 Å². The summed E-state index contributed by atoms with van der Waals surface area (Å²) in [5.74, 6) is -1.05. The number of ketones is 1. The highest BCUT2D eigenvalue weighted by Crippen LogP contribution is 2.38. The van der Waals surface area contributed by atoms with Gasteiger partial charge >= 0.3 is 5.97 Å². The highest BCUT2D eigenvalue weighted by molar-refractivity contribution is 6.03. The molecule has 1 aliphatic rings. The Morgan fingerprint density at radius 2 is 2.20 bits per heavy atom. The van der Waals surface area contributed by atoms with E-state index in [2.05, 4.69) is 6.58 Å². The third kappa shape index (κ3) is 2.46. The van der Waals surface area contributed by atoms with Gasteiger partial charge in [0.2, 0.25) is 0 Å². The average molecular weight is 210 g/mol. The maximum Gasteiger partial charge on any atom is 0.317 e. The summed E-state index contributed by atoms with van der Waals surface area (Å²) in [6.07, 6.45) is 3.63. The van der Waals surface area contributed by atoms with Crippen LogP contribution in [0.3, 0.4) is 0 Å². The van der Waals surface area contributed by atoms with Gasteiger partial charge in [-0.05, 0) is 32.6 Å². The van der Waals surface area contributed by atoms with E-state index in [1.165, 1.54) is 0 Å². The van der Waals surface area contributed by atoms with Gasteiger partial charge in [0, 0.05) is 6.42 Å². The Morgan fingerprint density at radius 1 is 1.53 bits per heavy atom. The minimum atomic E-state index is -1.11. The minimum Gasteiger partial charge on any atom is -0.480 e. The van der Waals surface area contributed by atoms with Gasteiger partial charge in [-0.15, -0.1) is 6.58 Å². The monoisotopic (exact) mass is 210 g/mol. The van der Waals surface area contributed by atoms with Crippen molar-refractivity contribution in [1.29, 1.82) is 0 Å². The number of carboxylic acids is 1. The summed E-state index contributed by atoms with van der Waals surface area (Å²) in [4.78, 5) is 23.0. The van der Waals surface area contributed by atoms with E-state index in [1.807, 2.05) is 6.92 Å². The second-order valence-electron chi connectivity index (χ2n) is 4.47. The van der Waals surface area contributed by atoms with E-state index in [1.54, 1.807) is 0 Å². The summed E-state index contributed by atoms with van der Waals surface area (Å²) in [7, 11) is 0. The zero-order chi connectivity index (χ0) is 11.5. The van der Waals surface area contributed by atoms with Crippen LogP contribution in [0.25, 0.3) is 0 Å². The first-order valence-electron chi connectivity index (χ1n) is 5.40. The molecule has 3 nitrogen and oxygen atoms in total. The highest BCUT2D eigenvalue weighted by Gasteiger charge is 2.46. The molecule has 1 rings (SSSR count). The van der Waals surface area contributed by atoms with Crippen molar-refractivity contribution in [3.05, 3.63) is 12.2 Å². The van der Waals surface area contributed by atoms with Crippen LogP contribution in [0.1, 0.15) is 45.4 Å². The second-order valence-corrected chi connectivity index (χ2v) is 4.47. The largest absolute Gasteiger partial charge is 0.480 e. The second kappa shape index (κ2) is 4.60. The van der Waals surface area contributed by atoms with E-state index in [4.69, 9.17) is 0 Å². The normalized spacial score (nSPS) is 26.3. The Morgan fingerprint density at radius 3 is 2.67 bits per heavy atom. The summed E-state index contributed by atoms with van der Waals surface area (Å²) < 4.78 is 0. The molecule has 0 aromatic heterocycles. The number of aliphatic carboxylic acids is 1. The molecule has 1 aliphatic carbocycles. The van der Waals surface area contributed by atoms with Crippen molar-refractivity contribution in [3.8, 4) is 0 Å². The quantitative estimate of drug-likeness (QED) is 0.573. The molecule has 0 bridgehead atoms. The lowest BCUT2D eigenvalue weighted by Gasteiger charge is -2.31. The van der Waals surface area contributed by atoms with E-state index < -0.39 is 11.4 Å². The first kappa shape index (κ1) is 12.0. The molecule has 84 valence electrons. The smallest absolute Gasteiger partial charge is 0.317 e. The van der Waals surface area contributed by atoms with Gasteiger partial charge < -0.3 is 5.11 Å². The van der Waals surface area contributed by atoms with Crippen LogP contribution in [0.5, 0.6) is 0 Å². The summed E-state index contributed by atoms with van der Waals surface area (Å²) in [5, 5.41) is 9.22. The number of carbonyl (C=O) groups excluding carboxylic acids is 1. The minimum absolute atomic E-state index is 0.0949. The molecule has 15 heavy (non-hydrogen) atoms. The molecular formula is C12H18O3. The van der Waals surface area contributed by atoms with Crippen molar-refractivity contribution in [3.63, 3.8) is 0 Å². The summed E-state index contributed by atoms with van der Waals surface area (Å²) >= 11 is 0. The molecule has 1 fully saturated rings. The molecule has 3 heteroatoms. The number of rotatable bonds is 4. The molecule has 0 aliphatic heterocycles. The lowest BCUT2D eigenvalue weighted by atomic mass is 9.70. The molecule has 0 spiro atoms. The van der Waals surface area contributed by atoms with Crippen molar-refractivity contribution >= 4 is 11.8 Å². The van der Waals surface area contributed by atoms with Gasteiger partial charge in [-0.1, -0.05) is 12.0 Å². The lowest BCUT2D eigenvalue weighted by molar-refractivity contribution is -0.157. The molecule has 0 aromatic carbocycles. The van der Waals surface area contributed by atoms with Crippen molar-refractivity contribution in [2.45, 2.75) is 45.4 Å². The molecule has 0 amide bonds. The van der Waals surface area contributed by atoms with Gasteiger partial charge in [0.15, 0.2) is 0 Å². The Hall–Kier alpha value is -1.12. The molecule has 1 unspecified atom stereocenters. The van der Waals surface area contributed by atoms with Crippen LogP contribution in [-0.2, 0) is 9.59 Å². The number of carbonyl (C=O) groups is 2. The topological polar surface area (TPSA) is 54.4 Å². The molecule has 1 N–H and O–H groups in total. The molecular weight excluding hydrogens is 192 g/mol. The van der Waals surface area contributed by atoms with E-state index in [9.17, 15) is 14.7 Å². The maximum absolute atomic E-state index is 11.8. The predicted molar refractivity (Wildman–Crippen MR) is 57.6 cm³/mol. The third-order valence-electron chi connectivity index (χ3n) is 3.18. The first-order valence-corrected chi connectivity index (χ1v) is 5.40. The van der Waals surface area contributed by atoms with Crippen LogP contribution in [0.4, 0.5) is 0 Å². The van der Waals surface area contributed by atoms with Crippen molar-refractivity contribution in [2.24, 2.45) is 5.41 Å². The number of allylic oxidation sites excluding steroid dienone is 1. The summed E-state index contributed by atoms with van der Waals surface area (Å²) in [5.41, 5.74) is -0.175. The van der Waals surface area contributed by atoms with Gasteiger partial charge in [0.25, 0.3) is 0 Å².